The second-order valence-corrected chi connectivity index (χ2v) is 3.84. The zero-order valence-corrected chi connectivity index (χ0v) is 7.62. The third kappa shape index (κ3) is 1.13. The Bertz CT molecular complexity index is 335. The van der Waals surface area contributed by atoms with Crippen LogP contribution in [-0.2, 0) is 9.59 Å². The number of carbonyl (C=O) groups is 2. The van der Waals surface area contributed by atoms with E-state index in [-0.39, 0.29) is 11.8 Å². The number of hydrogen-bond donors (Lipinski definition) is 3. The SMILES string of the molecule is NC(=O)C1=C(C(=O)NO)C2CCC1C2. The van der Waals surface area contributed by atoms with Gasteiger partial charge in [0.15, 0.2) is 0 Å². The lowest BCUT2D eigenvalue weighted by atomic mass is 9.91. The molecule has 1 saturated carbocycles. The molecule has 0 aromatic heterocycles. The van der Waals surface area contributed by atoms with Gasteiger partial charge in [0, 0.05) is 11.1 Å². The van der Waals surface area contributed by atoms with Gasteiger partial charge >= 0.3 is 0 Å². The number of hydrogen-bond acceptors (Lipinski definition) is 3. The van der Waals surface area contributed by atoms with E-state index in [1.807, 2.05) is 0 Å². The summed E-state index contributed by atoms with van der Waals surface area (Å²) in [7, 11) is 0. The third-order valence-electron chi connectivity index (χ3n) is 3.15. The number of nitrogens with two attached hydrogens (primary N) is 1. The highest BCUT2D eigenvalue weighted by Gasteiger charge is 2.43. The summed E-state index contributed by atoms with van der Waals surface area (Å²) < 4.78 is 0. The van der Waals surface area contributed by atoms with Crippen LogP contribution in [0.4, 0.5) is 0 Å². The maximum absolute atomic E-state index is 11.3. The van der Waals surface area contributed by atoms with Crippen molar-refractivity contribution in [1.29, 1.82) is 0 Å². The van der Waals surface area contributed by atoms with Gasteiger partial charge in [-0.05, 0) is 31.1 Å². The van der Waals surface area contributed by atoms with Crippen LogP contribution in [0.1, 0.15) is 19.3 Å². The van der Waals surface area contributed by atoms with Crippen molar-refractivity contribution >= 4 is 11.8 Å². The first-order valence-electron chi connectivity index (χ1n) is 4.63. The van der Waals surface area contributed by atoms with Crippen LogP contribution >= 0.6 is 0 Å². The molecule has 76 valence electrons. The van der Waals surface area contributed by atoms with Crippen molar-refractivity contribution in [2.45, 2.75) is 19.3 Å². The van der Waals surface area contributed by atoms with E-state index in [0.717, 1.165) is 19.3 Å². The van der Waals surface area contributed by atoms with Crippen molar-refractivity contribution in [2.24, 2.45) is 17.6 Å². The first-order valence-corrected chi connectivity index (χ1v) is 4.63. The largest absolute Gasteiger partial charge is 0.366 e. The minimum absolute atomic E-state index is 0.106. The van der Waals surface area contributed by atoms with E-state index < -0.39 is 11.8 Å². The highest BCUT2D eigenvalue weighted by Crippen LogP contribution is 2.48. The number of fused-ring (bicyclic) bond motifs is 2. The summed E-state index contributed by atoms with van der Waals surface area (Å²) in [6, 6.07) is 0. The fourth-order valence-electron chi connectivity index (χ4n) is 2.65. The van der Waals surface area contributed by atoms with Gasteiger partial charge in [0.25, 0.3) is 5.91 Å². The van der Waals surface area contributed by atoms with E-state index in [4.69, 9.17) is 10.9 Å². The van der Waals surface area contributed by atoms with Gasteiger partial charge in [-0.3, -0.25) is 14.8 Å². The van der Waals surface area contributed by atoms with Gasteiger partial charge in [-0.1, -0.05) is 0 Å². The van der Waals surface area contributed by atoms with E-state index in [2.05, 4.69) is 0 Å². The summed E-state index contributed by atoms with van der Waals surface area (Å²) in [4.78, 5) is 22.4. The van der Waals surface area contributed by atoms with Crippen molar-refractivity contribution in [3.63, 3.8) is 0 Å². The fraction of sp³-hybridized carbons (Fsp3) is 0.556. The fourth-order valence-corrected chi connectivity index (χ4v) is 2.65. The highest BCUT2D eigenvalue weighted by atomic mass is 16.5. The highest BCUT2D eigenvalue weighted by molar-refractivity contribution is 6.05. The monoisotopic (exact) mass is 196 g/mol. The summed E-state index contributed by atoms with van der Waals surface area (Å²) in [5.74, 6) is -0.874. The minimum atomic E-state index is -0.578. The maximum Gasteiger partial charge on any atom is 0.271 e. The van der Waals surface area contributed by atoms with Crippen LogP contribution < -0.4 is 11.2 Å². The molecule has 2 unspecified atom stereocenters. The molecule has 14 heavy (non-hydrogen) atoms. The first kappa shape index (κ1) is 9.21. The smallest absolute Gasteiger partial charge is 0.271 e. The van der Waals surface area contributed by atoms with E-state index in [0.29, 0.717) is 11.1 Å². The molecule has 0 saturated heterocycles. The van der Waals surface area contributed by atoms with Gasteiger partial charge in [0.05, 0.1) is 0 Å². The second-order valence-electron chi connectivity index (χ2n) is 3.84. The Labute approximate surface area is 80.9 Å². The van der Waals surface area contributed by atoms with Gasteiger partial charge in [0.1, 0.15) is 0 Å². The van der Waals surface area contributed by atoms with E-state index in [1.165, 1.54) is 0 Å². The van der Waals surface area contributed by atoms with Crippen molar-refractivity contribution in [3.05, 3.63) is 11.1 Å². The number of amides is 2. The normalized spacial score (nSPS) is 29.5. The molecule has 2 aliphatic rings. The first-order chi connectivity index (χ1) is 6.65. The van der Waals surface area contributed by atoms with Gasteiger partial charge in [-0.25, -0.2) is 5.48 Å². The summed E-state index contributed by atoms with van der Waals surface area (Å²) in [5.41, 5.74) is 7.60. The predicted octanol–water partition coefficient (Wildman–Crippen LogP) is -0.296. The zero-order chi connectivity index (χ0) is 10.3. The molecule has 2 atom stereocenters. The van der Waals surface area contributed by atoms with Gasteiger partial charge in [0.2, 0.25) is 5.91 Å². The molecule has 5 nitrogen and oxygen atoms in total. The molecule has 2 bridgehead atoms. The van der Waals surface area contributed by atoms with Gasteiger partial charge < -0.3 is 5.73 Å². The lowest BCUT2D eigenvalue weighted by molar-refractivity contribution is -0.126. The molecule has 0 radical (unpaired) electrons. The maximum atomic E-state index is 11.3. The van der Waals surface area contributed by atoms with Crippen molar-refractivity contribution in [1.82, 2.24) is 5.48 Å². The minimum Gasteiger partial charge on any atom is -0.366 e. The standard InChI is InChI=1S/C9H12N2O3/c10-8(12)6-4-1-2-5(3-4)7(6)9(13)11-14/h4-5,14H,1-3H2,(H2,10,12)(H,11,13). The van der Waals surface area contributed by atoms with Crippen LogP contribution in [0, 0.1) is 11.8 Å². The molecule has 2 amide bonds. The molecule has 0 aromatic rings. The summed E-state index contributed by atoms with van der Waals surface area (Å²) in [6.45, 7) is 0. The quantitative estimate of drug-likeness (QED) is 0.418. The van der Waals surface area contributed by atoms with E-state index >= 15 is 0 Å². The Balaban J connectivity index is 2.41. The molecule has 4 N–H and O–H groups in total. The summed E-state index contributed by atoms with van der Waals surface area (Å²) in [5, 5.41) is 8.54. The Morgan fingerprint density at radius 1 is 1.29 bits per heavy atom. The van der Waals surface area contributed by atoms with Crippen LogP contribution in [0.5, 0.6) is 0 Å². The predicted molar refractivity (Wildman–Crippen MR) is 47.0 cm³/mol. The Morgan fingerprint density at radius 2 is 1.86 bits per heavy atom. The molecule has 2 aliphatic carbocycles. The Hall–Kier alpha value is -1.36. The van der Waals surface area contributed by atoms with Crippen LogP contribution in [0.15, 0.2) is 11.1 Å². The van der Waals surface area contributed by atoms with Crippen molar-refractivity contribution in [2.75, 3.05) is 0 Å². The summed E-state index contributed by atoms with van der Waals surface area (Å²) in [6.07, 6.45) is 2.65. The van der Waals surface area contributed by atoms with Crippen LogP contribution in [0.2, 0.25) is 0 Å². The average molecular weight is 196 g/mol. The lowest BCUT2D eigenvalue weighted by Gasteiger charge is -2.15. The lowest BCUT2D eigenvalue weighted by Crippen LogP contribution is -2.29. The van der Waals surface area contributed by atoms with Crippen LogP contribution in [-0.4, -0.2) is 17.0 Å². The van der Waals surface area contributed by atoms with Crippen LogP contribution in [0.3, 0.4) is 0 Å². The third-order valence-corrected chi connectivity index (χ3v) is 3.15. The van der Waals surface area contributed by atoms with Gasteiger partial charge in [-0.15, -0.1) is 0 Å². The molecule has 0 aromatic carbocycles. The van der Waals surface area contributed by atoms with E-state index in [1.54, 1.807) is 5.48 Å². The number of nitrogens with one attached hydrogen (secondary N) is 1. The molecule has 1 fully saturated rings. The number of rotatable bonds is 2. The molecule has 2 rings (SSSR count). The molecular formula is C9H12N2O3. The summed E-state index contributed by atoms with van der Waals surface area (Å²) >= 11 is 0. The van der Waals surface area contributed by atoms with Crippen LogP contribution in [0.25, 0.3) is 0 Å². The average Bonchev–Trinajstić information content (AvgIpc) is 2.74. The molecular weight excluding hydrogens is 184 g/mol. The zero-order valence-electron chi connectivity index (χ0n) is 7.62. The molecule has 0 heterocycles. The Morgan fingerprint density at radius 3 is 2.36 bits per heavy atom. The van der Waals surface area contributed by atoms with Crippen molar-refractivity contribution < 1.29 is 14.8 Å². The molecule has 0 spiro atoms. The molecule has 0 aliphatic heterocycles. The van der Waals surface area contributed by atoms with Crippen molar-refractivity contribution in [3.8, 4) is 0 Å². The Kier molecular flexibility index (Phi) is 2.03. The van der Waals surface area contributed by atoms with E-state index in [9.17, 15) is 9.59 Å². The number of primary amides is 1. The topological polar surface area (TPSA) is 92.4 Å². The van der Waals surface area contributed by atoms with Gasteiger partial charge in [-0.2, -0.15) is 0 Å². The number of carbonyl (C=O) groups excluding carboxylic acids is 2. The molecule has 5 heteroatoms. The second kappa shape index (κ2) is 3.09. The number of hydroxylamine groups is 1.